The van der Waals surface area contributed by atoms with E-state index in [4.69, 9.17) is 5.73 Å². The molecule has 0 aliphatic heterocycles. The Kier molecular flexibility index (Phi) is 3.14. The van der Waals surface area contributed by atoms with Gasteiger partial charge >= 0.3 is 0 Å². The van der Waals surface area contributed by atoms with E-state index in [0.717, 1.165) is 25.7 Å². The van der Waals surface area contributed by atoms with Crippen LogP contribution in [-0.2, 0) is 0 Å². The highest BCUT2D eigenvalue weighted by atomic mass is 16.2. The first kappa shape index (κ1) is 11.0. The van der Waals surface area contributed by atoms with E-state index >= 15 is 0 Å². The largest absolute Gasteiger partial charge is 0.344 e. The number of aromatic nitrogens is 2. The van der Waals surface area contributed by atoms with Gasteiger partial charge in [-0.05, 0) is 12.8 Å². The number of hydrogen-bond donors (Lipinski definition) is 2. The molecule has 1 fully saturated rings. The van der Waals surface area contributed by atoms with Gasteiger partial charge in [-0.1, -0.05) is 12.8 Å². The van der Waals surface area contributed by atoms with Crippen LogP contribution in [0.3, 0.4) is 0 Å². The summed E-state index contributed by atoms with van der Waals surface area (Å²) in [5, 5.41) is 2.99. The fourth-order valence-electron chi connectivity index (χ4n) is 2.15. The highest BCUT2D eigenvalue weighted by Crippen LogP contribution is 2.28. The van der Waals surface area contributed by atoms with E-state index in [1.165, 1.54) is 12.4 Å². The minimum absolute atomic E-state index is 0.180. The molecule has 1 aliphatic carbocycles. The molecule has 0 bridgehead atoms. The number of nitrogens with zero attached hydrogens (tertiary/aromatic N) is 2. The van der Waals surface area contributed by atoms with Crippen LogP contribution in [0.2, 0.25) is 0 Å². The number of nitrogens with two attached hydrogens (primary N) is 1. The van der Waals surface area contributed by atoms with Gasteiger partial charge in [0.2, 0.25) is 0 Å². The van der Waals surface area contributed by atoms with Crippen molar-refractivity contribution in [2.45, 2.75) is 31.2 Å². The lowest BCUT2D eigenvalue weighted by Crippen LogP contribution is -2.51. The third kappa shape index (κ3) is 2.19. The molecule has 1 aromatic heterocycles. The standard InChI is InChI=1S/C11H16N4O/c12-8-11(3-1-2-4-11)15-10(16)9-7-13-5-6-14-9/h5-7H,1-4,8,12H2,(H,15,16). The summed E-state index contributed by atoms with van der Waals surface area (Å²) in [6.45, 7) is 0.485. The van der Waals surface area contributed by atoms with E-state index in [9.17, 15) is 4.79 Å². The molecular formula is C11H16N4O. The van der Waals surface area contributed by atoms with Gasteiger partial charge < -0.3 is 11.1 Å². The molecule has 1 saturated carbocycles. The van der Waals surface area contributed by atoms with Crippen molar-refractivity contribution < 1.29 is 4.79 Å². The maximum atomic E-state index is 11.9. The fraction of sp³-hybridized carbons (Fsp3) is 0.545. The summed E-state index contributed by atoms with van der Waals surface area (Å²) in [6, 6.07) is 0. The topological polar surface area (TPSA) is 80.9 Å². The lowest BCUT2D eigenvalue weighted by molar-refractivity contribution is 0.0897. The zero-order valence-electron chi connectivity index (χ0n) is 9.15. The van der Waals surface area contributed by atoms with Gasteiger partial charge in [0.05, 0.1) is 11.7 Å². The Balaban J connectivity index is 2.07. The highest BCUT2D eigenvalue weighted by Gasteiger charge is 2.34. The summed E-state index contributed by atoms with van der Waals surface area (Å²) in [7, 11) is 0. The summed E-state index contributed by atoms with van der Waals surface area (Å²) in [6.07, 6.45) is 8.68. The number of nitrogens with one attached hydrogen (secondary N) is 1. The van der Waals surface area contributed by atoms with Crippen LogP contribution in [0.25, 0.3) is 0 Å². The smallest absolute Gasteiger partial charge is 0.271 e. The third-order valence-corrected chi connectivity index (χ3v) is 3.13. The Morgan fingerprint density at radius 3 is 2.75 bits per heavy atom. The van der Waals surface area contributed by atoms with Gasteiger partial charge in [-0.15, -0.1) is 0 Å². The van der Waals surface area contributed by atoms with E-state index < -0.39 is 0 Å². The Morgan fingerprint density at radius 1 is 1.44 bits per heavy atom. The molecule has 1 heterocycles. The van der Waals surface area contributed by atoms with Crippen LogP contribution in [-0.4, -0.2) is 28.0 Å². The van der Waals surface area contributed by atoms with Gasteiger partial charge in [0.1, 0.15) is 5.69 Å². The van der Waals surface area contributed by atoms with Crippen LogP contribution in [0.4, 0.5) is 0 Å². The minimum atomic E-state index is -0.228. The van der Waals surface area contributed by atoms with Gasteiger partial charge in [0.25, 0.3) is 5.91 Å². The van der Waals surface area contributed by atoms with Crippen LogP contribution in [0.15, 0.2) is 18.6 Å². The zero-order valence-corrected chi connectivity index (χ0v) is 9.15. The van der Waals surface area contributed by atoms with Gasteiger partial charge in [0, 0.05) is 18.9 Å². The third-order valence-electron chi connectivity index (χ3n) is 3.13. The zero-order chi connectivity index (χ0) is 11.4. The summed E-state index contributed by atoms with van der Waals surface area (Å²) in [5.74, 6) is -0.180. The van der Waals surface area contributed by atoms with Crippen molar-refractivity contribution in [2.75, 3.05) is 6.54 Å². The first-order valence-corrected chi connectivity index (χ1v) is 5.54. The maximum absolute atomic E-state index is 11.9. The summed E-state index contributed by atoms with van der Waals surface area (Å²) in [5.41, 5.74) is 5.87. The summed E-state index contributed by atoms with van der Waals surface area (Å²) >= 11 is 0. The van der Waals surface area contributed by atoms with Crippen molar-refractivity contribution in [3.8, 4) is 0 Å². The van der Waals surface area contributed by atoms with Gasteiger partial charge in [-0.25, -0.2) is 4.98 Å². The predicted molar refractivity (Wildman–Crippen MR) is 59.8 cm³/mol. The molecule has 0 atom stereocenters. The molecule has 0 aromatic carbocycles. The van der Waals surface area contributed by atoms with Gasteiger partial charge in [0.15, 0.2) is 0 Å². The molecule has 0 unspecified atom stereocenters. The summed E-state index contributed by atoms with van der Waals surface area (Å²) in [4.78, 5) is 19.7. The molecule has 5 heteroatoms. The molecule has 5 nitrogen and oxygen atoms in total. The summed E-state index contributed by atoms with van der Waals surface area (Å²) < 4.78 is 0. The minimum Gasteiger partial charge on any atom is -0.344 e. The Hall–Kier alpha value is -1.49. The number of hydrogen-bond acceptors (Lipinski definition) is 4. The van der Waals surface area contributed by atoms with Crippen LogP contribution >= 0.6 is 0 Å². The van der Waals surface area contributed by atoms with Crippen molar-refractivity contribution in [1.29, 1.82) is 0 Å². The monoisotopic (exact) mass is 220 g/mol. The van der Waals surface area contributed by atoms with Crippen LogP contribution in [0.1, 0.15) is 36.2 Å². The normalized spacial score (nSPS) is 18.3. The van der Waals surface area contributed by atoms with Crippen molar-refractivity contribution in [1.82, 2.24) is 15.3 Å². The van der Waals surface area contributed by atoms with Gasteiger partial charge in [-0.3, -0.25) is 9.78 Å². The number of carbonyl (C=O) groups is 1. The maximum Gasteiger partial charge on any atom is 0.271 e. The molecule has 86 valence electrons. The van der Waals surface area contributed by atoms with Gasteiger partial charge in [-0.2, -0.15) is 0 Å². The molecule has 2 rings (SSSR count). The van der Waals surface area contributed by atoms with Crippen LogP contribution < -0.4 is 11.1 Å². The second-order valence-corrected chi connectivity index (χ2v) is 4.24. The first-order chi connectivity index (χ1) is 7.76. The SMILES string of the molecule is NCC1(NC(=O)c2cnccn2)CCCC1. The quantitative estimate of drug-likeness (QED) is 0.776. The first-order valence-electron chi connectivity index (χ1n) is 5.54. The Labute approximate surface area is 94.5 Å². The Bertz CT molecular complexity index is 360. The van der Waals surface area contributed by atoms with Crippen molar-refractivity contribution in [2.24, 2.45) is 5.73 Å². The molecule has 16 heavy (non-hydrogen) atoms. The van der Waals surface area contributed by atoms with Crippen molar-refractivity contribution in [3.05, 3.63) is 24.3 Å². The molecule has 0 saturated heterocycles. The molecule has 3 N–H and O–H groups in total. The second-order valence-electron chi connectivity index (χ2n) is 4.24. The molecule has 0 spiro atoms. The molecule has 1 aliphatic rings. The van der Waals surface area contributed by atoms with Crippen LogP contribution in [0.5, 0.6) is 0 Å². The average Bonchev–Trinajstić information content (AvgIpc) is 2.79. The fourth-order valence-corrected chi connectivity index (χ4v) is 2.15. The number of amides is 1. The van der Waals surface area contributed by atoms with Crippen molar-refractivity contribution >= 4 is 5.91 Å². The number of carbonyl (C=O) groups excluding carboxylic acids is 1. The van der Waals surface area contributed by atoms with E-state index in [1.807, 2.05) is 0 Å². The second kappa shape index (κ2) is 4.57. The van der Waals surface area contributed by atoms with E-state index in [-0.39, 0.29) is 11.4 Å². The lowest BCUT2D eigenvalue weighted by Gasteiger charge is -2.28. The van der Waals surface area contributed by atoms with E-state index in [0.29, 0.717) is 12.2 Å². The molecule has 0 radical (unpaired) electrons. The Morgan fingerprint density at radius 2 is 2.19 bits per heavy atom. The highest BCUT2D eigenvalue weighted by molar-refractivity contribution is 5.92. The van der Waals surface area contributed by atoms with E-state index in [2.05, 4.69) is 15.3 Å². The van der Waals surface area contributed by atoms with Crippen molar-refractivity contribution in [3.63, 3.8) is 0 Å². The lowest BCUT2D eigenvalue weighted by atomic mass is 9.97. The predicted octanol–water partition coefficient (Wildman–Crippen LogP) is 0.478. The molecular weight excluding hydrogens is 204 g/mol. The number of rotatable bonds is 3. The average molecular weight is 220 g/mol. The molecule has 1 aromatic rings. The van der Waals surface area contributed by atoms with E-state index in [1.54, 1.807) is 6.20 Å². The van der Waals surface area contributed by atoms with Crippen LogP contribution in [0, 0.1) is 0 Å². The molecule has 1 amide bonds.